The lowest BCUT2D eigenvalue weighted by Crippen LogP contribution is -2.51. The van der Waals surface area contributed by atoms with E-state index in [2.05, 4.69) is 20.7 Å². The summed E-state index contributed by atoms with van der Waals surface area (Å²) in [6.45, 7) is 6.12. The molecule has 11 heteroatoms. The van der Waals surface area contributed by atoms with Crippen LogP contribution in [0.2, 0.25) is 0 Å². The van der Waals surface area contributed by atoms with Crippen molar-refractivity contribution in [1.29, 1.82) is 0 Å². The first-order chi connectivity index (χ1) is 20.0. The number of rotatable bonds is 16. The Kier molecular flexibility index (Phi) is 15.3. The first kappa shape index (κ1) is 35.0. The predicted octanol–water partition coefficient (Wildman–Crippen LogP) is 3.37. The van der Waals surface area contributed by atoms with Gasteiger partial charge in [0.25, 0.3) is 0 Å². The van der Waals surface area contributed by atoms with Crippen LogP contribution in [-0.2, 0) is 35.2 Å². The van der Waals surface area contributed by atoms with Crippen LogP contribution in [0, 0.1) is 5.92 Å². The molecule has 0 radical (unpaired) electrons. The molecule has 1 aliphatic rings. The molecule has 4 N–H and O–H groups in total. The molecule has 0 unspecified atom stereocenters. The molecular weight excluding hydrogens is 542 g/mol. The van der Waals surface area contributed by atoms with Gasteiger partial charge in [0.05, 0.1) is 38.9 Å². The van der Waals surface area contributed by atoms with E-state index in [9.17, 15) is 24.3 Å². The van der Waals surface area contributed by atoms with Crippen molar-refractivity contribution in [2.24, 2.45) is 5.92 Å². The lowest BCUT2D eigenvalue weighted by Gasteiger charge is -2.31. The summed E-state index contributed by atoms with van der Waals surface area (Å²) in [6.07, 6.45) is 3.61. The van der Waals surface area contributed by atoms with Gasteiger partial charge < -0.3 is 35.3 Å². The quantitative estimate of drug-likeness (QED) is 0.169. The monoisotopic (exact) mass is 591 g/mol. The molecule has 0 aromatic heterocycles. The van der Waals surface area contributed by atoms with Gasteiger partial charge in [-0.1, -0.05) is 62.4 Å². The number of ether oxygens (including phenoxy) is 3. The van der Waals surface area contributed by atoms with Crippen LogP contribution < -0.4 is 16.0 Å². The number of alkyl carbamates (subject to hydrolysis) is 1. The second-order valence-corrected chi connectivity index (χ2v) is 11.8. The molecular formula is C31H49N3O8. The number of nitrogens with one attached hydrogen (secondary N) is 3. The number of esters is 1. The summed E-state index contributed by atoms with van der Waals surface area (Å²) in [5.41, 5.74) is 0.294. The maximum absolute atomic E-state index is 13.0. The Hall–Kier alpha value is -3.18. The van der Waals surface area contributed by atoms with Gasteiger partial charge in [-0.15, -0.1) is 0 Å². The zero-order chi connectivity index (χ0) is 31.0. The number of benzene rings is 1. The Balaban J connectivity index is 1.95. The van der Waals surface area contributed by atoms with Crippen molar-refractivity contribution in [3.63, 3.8) is 0 Å². The molecule has 1 aromatic rings. The molecule has 0 bridgehead atoms. The number of carbonyl (C=O) groups is 4. The average Bonchev–Trinajstić information content (AvgIpc) is 2.94. The van der Waals surface area contributed by atoms with E-state index in [0.717, 1.165) is 31.2 Å². The molecule has 2 rings (SSSR count). The molecule has 0 spiro atoms. The van der Waals surface area contributed by atoms with Gasteiger partial charge in [0.2, 0.25) is 11.8 Å². The molecule has 1 fully saturated rings. The van der Waals surface area contributed by atoms with E-state index in [1.807, 2.05) is 30.3 Å². The topological polar surface area (TPSA) is 152 Å². The van der Waals surface area contributed by atoms with Gasteiger partial charge in [-0.05, 0) is 45.1 Å². The highest BCUT2D eigenvalue weighted by atomic mass is 16.6. The number of aliphatic hydroxyl groups is 1. The number of carbonyl (C=O) groups excluding carboxylic acids is 4. The van der Waals surface area contributed by atoms with Crippen LogP contribution in [0.5, 0.6) is 0 Å². The highest BCUT2D eigenvalue weighted by Gasteiger charge is 2.30. The SMILES string of the molecule is COC(=O)CC[C@H](NC(=O)C[C@H](O)[C@H](CC1CCCCC1)NC(=O)OC(C)(C)C)C(=O)NCCOCc1ccccc1. The lowest BCUT2D eigenvalue weighted by molar-refractivity contribution is -0.141. The predicted molar refractivity (Wildman–Crippen MR) is 157 cm³/mol. The minimum absolute atomic E-state index is 0.0207. The van der Waals surface area contributed by atoms with Gasteiger partial charge in [0, 0.05) is 13.0 Å². The highest BCUT2D eigenvalue weighted by molar-refractivity contribution is 5.88. The summed E-state index contributed by atoms with van der Waals surface area (Å²) in [6, 6.07) is 7.91. The Labute approximate surface area is 249 Å². The molecule has 0 aliphatic heterocycles. The van der Waals surface area contributed by atoms with E-state index < -0.39 is 47.7 Å². The summed E-state index contributed by atoms with van der Waals surface area (Å²) in [7, 11) is 1.25. The first-order valence-corrected chi connectivity index (χ1v) is 14.9. The largest absolute Gasteiger partial charge is 0.469 e. The van der Waals surface area contributed by atoms with Crippen molar-refractivity contribution < 1.29 is 38.5 Å². The van der Waals surface area contributed by atoms with E-state index in [0.29, 0.717) is 18.9 Å². The van der Waals surface area contributed by atoms with Crippen LogP contribution in [0.25, 0.3) is 0 Å². The van der Waals surface area contributed by atoms with Crippen molar-refractivity contribution in [1.82, 2.24) is 16.0 Å². The summed E-state index contributed by atoms with van der Waals surface area (Å²) in [5.74, 6) is -1.25. The molecule has 236 valence electrons. The molecule has 0 heterocycles. The molecule has 42 heavy (non-hydrogen) atoms. The standard InChI is InChI=1S/C31H49N3O8/c1-31(2,3)42-30(39)34-25(19-22-11-7-5-8-12-22)26(35)20-27(36)33-24(15-16-28(37)40-4)29(38)32-17-18-41-21-23-13-9-6-10-14-23/h6,9-10,13-14,22,24-26,35H,5,7-8,11-12,15-21H2,1-4H3,(H,32,38)(H,33,36)(H,34,39)/t24-,25-,26-/m0/s1. The van der Waals surface area contributed by atoms with Crippen molar-refractivity contribution >= 4 is 23.9 Å². The van der Waals surface area contributed by atoms with E-state index >= 15 is 0 Å². The normalized spacial score (nSPS) is 16.0. The van der Waals surface area contributed by atoms with Crippen molar-refractivity contribution in [3.8, 4) is 0 Å². The zero-order valence-electron chi connectivity index (χ0n) is 25.5. The van der Waals surface area contributed by atoms with E-state index in [4.69, 9.17) is 9.47 Å². The van der Waals surface area contributed by atoms with Gasteiger partial charge in [-0.3, -0.25) is 14.4 Å². The number of hydrogen-bond acceptors (Lipinski definition) is 8. The highest BCUT2D eigenvalue weighted by Crippen LogP contribution is 2.28. The summed E-state index contributed by atoms with van der Waals surface area (Å²) < 4.78 is 15.7. The number of hydrogen-bond donors (Lipinski definition) is 4. The molecule has 1 aliphatic carbocycles. The fourth-order valence-electron chi connectivity index (χ4n) is 4.91. The van der Waals surface area contributed by atoms with Crippen molar-refractivity contribution in [2.75, 3.05) is 20.3 Å². The second-order valence-electron chi connectivity index (χ2n) is 11.8. The van der Waals surface area contributed by atoms with Crippen molar-refractivity contribution in [2.45, 2.75) is 109 Å². The number of amides is 3. The maximum atomic E-state index is 13.0. The van der Waals surface area contributed by atoms with Crippen LogP contribution in [-0.4, -0.2) is 73.0 Å². The van der Waals surface area contributed by atoms with E-state index in [1.54, 1.807) is 20.8 Å². The van der Waals surface area contributed by atoms with Gasteiger partial charge >= 0.3 is 12.1 Å². The molecule has 3 amide bonds. The summed E-state index contributed by atoms with van der Waals surface area (Å²) in [4.78, 5) is 50.2. The minimum Gasteiger partial charge on any atom is -0.469 e. The minimum atomic E-state index is -1.20. The summed E-state index contributed by atoms with van der Waals surface area (Å²) in [5, 5.41) is 19.2. The third-order valence-electron chi connectivity index (χ3n) is 7.05. The molecule has 1 saturated carbocycles. The van der Waals surface area contributed by atoms with Crippen LogP contribution in [0.3, 0.4) is 0 Å². The fraction of sp³-hybridized carbons (Fsp3) is 0.677. The maximum Gasteiger partial charge on any atom is 0.407 e. The number of aliphatic hydroxyl groups excluding tert-OH is 1. The van der Waals surface area contributed by atoms with Gasteiger partial charge in [0.15, 0.2) is 0 Å². The van der Waals surface area contributed by atoms with Crippen LogP contribution in [0.4, 0.5) is 4.79 Å². The average molecular weight is 592 g/mol. The Bertz CT molecular complexity index is 976. The third kappa shape index (κ3) is 14.6. The van der Waals surface area contributed by atoms with Gasteiger partial charge in [-0.2, -0.15) is 0 Å². The van der Waals surface area contributed by atoms with E-state index in [1.165, 1.54) is 13.5 Å². The molecule has 1 aromatic carbocycles. The Morgan fingerprint density at radius 1 is 1.02 bits per heavy atom. The Morgan fingerprint density at radius 3 is 2.36 bits per heavy atom. The van der Waals surface area contributed by atoms with E-state index in [-0.39, 0.29) is 32.4 Å². The summed E-state index contributed by atoms with van der Waals surface area (Å²) >= 11 is 0. The van der Waals surface area contributed by atoms with Gasteiger partial charge in [0.1, 0.15) is 11.6 Å². The molecule has 11 nitrogen and oxygen atoms in total. The first-order valence-electron chi connectivity index (χ1n) is 14.9. The van der Waals surface area contributed by atoms with Crippen LogP contribution in [0.15, 0.2) is 30.3 Å². The second kappa shape index (κ2) is 18.4. The van der Waals surface area contributed by atoms with Gasteiger partial charge in [-0.25, -0.2) is 4.79 Å². The Morgan fingerprint density at radius 2 is 1.71 bits per heavy atom. The van der Waals surface area contributed by atoms with Crippen LogP contribution in [0.1, 0.15) is 84.1 Å². The third-order valence-corrected chi connectivity index (χ3v) is 7.05. The zero-order valence-corrected chi connectivity index (χ0v) is 25.5. The molecule has 0 saturated heterocycles. The smallest absolute Gasteiger partial charge is 0.407 e. The fourth-order valence-corrected chi connectivity index (χ4v) is 4.91. The van der Waals surface area contributed by atoms with Crippen LogP contribution >= 0.6 is 0 Å². The lowest BCUT2D eigenvalue weighted by atomic mass is 9.83. The van der Waals surface area contributed by atoms with Crippen molar-refractivity contribution in [3.05, 3.63) is 35.9 Å². The number of methoxy groups -OCH3 is 1. The molecule has 3 atom stereocenters.